The molecule has 1 aliphatic heterocycles. The van der Waals surface area contributed by atoms with Gasteiger partial charge in [-0.2, -0.15) is 4.31 Å². The van der Waals surface area contributed by atoms with Crippen molar-refractivity contribution in [3.05, 3.63) is 37.0 Å². The van der Waals surface area contributed by atoms with Gasteiger partial charge >= 0.3 is 0 Å². The Hall–Kier alpha value is -0.460. The first-order chi connectivity index (χ1) is 7.89. The zero-order chi connectivity index (χ0) is 12.7. The average Bonchev–Trinajstić information content (AvgIpc) is 2.25. The van der Waals surface area contributed by atoms with E-state index in [0.717, 1.165) is 4.31 Å². The van der Waals surface area contributed by atoms with Crippen molar-refractivity contribution in [2.45, 2.75) is 15.7 Å². The van der Waals surface area contributed by atoms with Crippen LogP contribution in [-0.2, 0) is 10.0 Å². The SMILES string of the molecule is C=CC1(F)CN(S(=O)(=O)C2C=CC=CC2Br)C1. The molecule has 2 rings (SSSR count). The van der Waals surface area contributed by atoms with Gasteiger partial charge in [0.2, 0.25) is 10.0 Å². The normalized spacial score (nSPS) is 32.1. The summed E-state index contributed by atoms with van der Waals surface area (Å²) in [5, 5.41) is -0.665. The Balaban J connectivity index is 2.14. The molecule has 0 spiro atoms. The van der Waals surface area contributed by atoms with Crippen LogP contribution < -0.4 is 0 Å². The fourth-order valence-corrected chi connectivity index (χ4v) is 4.86. The number of allylic oxidation sites excluding steroid dienone is 3. The molecule has 2 atom stereocenters. The molecular formula is C11H13BrFNO2S. The zero-order valence-corrected chi connectivity index (χ0v) is 11.5. The summed E-state index contributed by atoms with van der Waals surface area (Å²) in [6, 6.07) is 0. The predicted octanol–water partition coefficient (Wildman–Crippen LogP) is 1.78. The van der Waals surface area contributed by atoms with Crippen LogP contribution in [0.2, 0.25) is 0 Å². The lowest BCUT2D eigenvalue weighted by molar-refractivity contribution is 0.0673. The largest absolute Gasteiger partial charge is 0.236 e. The van der Waals surface area contributed by atoms with E-state index in [4.69, 9.17) is 0 Å². The summed E-state index contributed by atoms with van der Waals surface area (Å²) in [5.41, 5.74) is -1.57. The van der Waals surface area contributed by atoms with Gasteiger partial charge in [0, 0.05) is 0 Å². The highest BCUT2D eigenvalue weighted by Crippen LogP contribution is 2.33. The Morgan fingerprint density at radius 2 is 2.00 bits per heavy atom. The number of halogens is 2. The molecule has 1 aliphatic carbocycles. The van der Waals surface area contributed by atoms with Crippen LogP contribution in [0.3, 0.4) is 0 Å². The third-order valence-corrected chi connectivity index (χ3v) is 6.31. The van der Waals surface area contributed by atoms with Crippen molar-refractivity contribution in [2.75, 3.05) is 13.1 Å². The lowest BCUT2D eigenvalue weighted by Gasteiger charge is -2.43. The summed E-state index contributed by atoms with van der Waals surface area (Å²) >= 11 is 3.30. The van der Waals surface area contributed by atoms with Crippen LogP contribution in [-0.4, -0.2) is 41.6 Å². The second kappa shape index (κ2) is 4.33. The number of rotatable bonds is 3. The van der Waals surface area contributed by atoms with Crippen LogP contribution >= 0.6 is 15.9 Å². The molecular weight excluding hydrogens is 309 g/mol. The van der Waals surface area contributed by atoms with Crippen molar-refractivity contribution in [1.29, 1.82) is 0 Å². The second-order valence-electron chi connectivity index (χ2n) is 4.23. The van der Waals surface area contributed by atoms with Gasteiger partial charge in [0.25, 0.3) is 0 Å². The molecule has 0 bridgehead atoms. The van der Waals surface area contributed by atoms with Crippen molar-refractivity contribution >= 4 is 26.0 Å². The Bertz CT molecular complexity index is 480. The van der Waals surface area contributed by atoms with Gasteiger partial charge in [-0.05, 0) is 0 Å². The van der Waals surface area contributed by atoms with Gasteiger partial charge in [-0.1, -0.05) is 52.9 Å². The summed E-state index contributed by atoms with van der Waals surface area (Å²) in [4.78, 5) is -0.268. The van der Waals surface area contributed by atoms with Gasteiger partial charge in [-0.25, -0.2) is 12.8 Å². The molecule has 2 aliphatic rings. The van der Waals surface area contributed by atoms with Gasteiger partial charge in [-0.15, -0.1) is 0 Å². The molecule has 2 unspecified atom stereocenters. The Labute approximate surface area is 109 Å². The highest BCUT2D eigenvalue weighted by molar-refractivity contribution is 9.09. The van der Waals surface area contributed by atoms with Gasteiger partial charge in [-0.3, -0.25) is 0 Å². The number of sulfonamides is 1. The zero-order valence-electron chi connectivity index (χ0n) is 9.09. The van der Waals surface area contributed by atoms with Crippen LogP contribution in [0.4, 0.5) is 4.39 Å². The van der Waals surface area contributed by atoms with E-state index >= 15 is 0 Å². The standard InChI is InChI=1S/C11H13BrFNO2S/c1-2-11(13)7-14(8-11)17(15,16)10-6-4-3-5-9(10)12/h2-6,9-10H,1,7-8H2. The van der Waals surface area contributed by atoms with E-state index in [9.17, 15) is 12.8 Å². The predicted molar refractivity (Wildman–Crippen MR) is 69.3 cm³/mol. The molecule has 6 heteroatoms. The number of nitrogens with zero attached hydrogens (tertiary/aromatic N) is 1. The maximum Gasteiger partial charge on any atom is 0.222 e. The number of hydrogen-bond donors (Lipinski definition) is 0. The first-order valence-corrected chi connectivity index (χ1v) is 7.61. The van der Waals surface area contributed by atoms with Gasteiger partial charge in [0.05, 0.1) is 17.9 Å². The molecule has 0 N–H and O–H groups in total. The first kappa shape index (κ1) is 13.0. The quantitative estimate of drug-likeness (QED) is 0.587. The third kappa shape index (κ3) is 2.26. The van der Waals surface area contributed by atoms with Gasteiger partial charge < -0.3 is 0 Å². The van der Waals surface area contributed by atoms with Gasteiger partial charge in [0.1, 0.15) is 5.25 Å². The monoisotopic (exact) mass is 321 g/mol. The van der Waals surface area contributed by atoms with Crippen molar-refractivity contribution in [3.8, 4) is 0 Å². The summed E-state index contributed by atoms with van der Waals surface area (Å²) in [6.45, 7) is 3.10. The Morgan fingerprint density at radius 3 is 2.53 bits per heavy atom. The Kier molecular flexibility index (Phi) is 3.31. The molecule has 17 heavy (non-hydrogen) atoms. The van der Waals surface area contributed by atoms with Crippen molar-refractivity contribution in [3.63, 3.8) is 0 Å². The summed E-state index contributed by atoms with van der Waals surface area (Å²) in [7, 11) is -3.49. The highest BCUT2D eigenvalue weighted by Gasteiger charge is 2.49. The minimum Gasteiger partial charge on any atom is -0.236 e. The molecule has 0 aromatic rings. The maximum atomic E-state index is 13.6. The minimum atomic E-state index is -3.49. The third-order valence-electron chi connectivity index (χ3n) is 2.97. The average molecular weight is 322 g/mol. The van der Waals surface area contributed by atoms with E-state index in [1.54, 1.807) is 24.3 Å². The smallest absolute Gasteiger partial charge is 0.222 e. The summed E-state index contributed by atoms with van der Waals surface area (Å²) < 4.78 is 39.2. The van der Waals surface area contributed by atoms with Crippen LogP contribution in [0.1, 0.15) is 0 Å². The van der Waals surface area contributed by atoms with E-state index in [1.165, 1.54) is 6.08 Å². The number of alkyl halides is 2. The van der Waals surface area contributed by atoms with E-state index in [0.29, 0.717) is 0 Å². The van der Waals surface area contributed by atoms with Crippen molar-refractivity contribution < 1.29 is 12.8 Å². The topological polar surface area (TPSA) is 37.4 Å². The molecule has 1 heterocycles. The Morgan fingerprint density at radius 1 is 1.41 bits per heavy atom. The molecule has 0 saturated carbocycles. The van der Waals surface area contributed by atoms with E-state index < -0.39 is 20.9 Å². The molecule has 0 amide bonds. The maximum absolute atomic E-state index is 13.6. The molecule has 0 radical (unpaired) electrons. The molecule has 94 valence electrons. The van der Waals surface area contributed by atoms with E-state index in [-0.39, 0.29) is 17.9 Å². The fraction of sp³-hybridized carbons (Fsp3) is 0.455. The molecule has 1 fully saturated rings. The van der Waals surface area contributed by atoms with Crippen molar-refractivity contribution in [2.24, 2.45) is 0 Å². The van der Waals surface area contributed by atoms with Crippen LogP contribution in [0.15, 0.2) is 37.0 Å². The minimum absolute atomic E-state index is 0.132. The lowest BCUT2D eigenvalue weighted by Crippen LogP contribution is -2.62. The molecule has 3 nitrogen and oxygen atoms in total. The highest BCUT2D eigenvalue weighted by atomic mass is 79.9. The summed E-state index contributed by atoms with van der Waals surface area (Å²) in [5.74, 6) is 0. The molecule has 0 aromatic carbocycles. The second-order valence-corrected chi connectivity index (χ2v) is 7.38. The molecule has 1 saturated heterocycles. The van der Waals surface area contributed by atoms with E-state index in [2.05, 4.69) is 22.5 Å². The van der Waals surface area contributed by atoms with Crippen LogP contribution in [0, 0.1) is 0 Å². The van der Waals surface area contributed by atoms with Crippen LogP contribution in [0.25, 0.3) is 0 Å². The van der Waals surface area contributed by atoms with Crippen molar-refractivity contribution in [1.82, 2.24) is 4.31 Å². The lowest BCUT2D eigenvalue weighted by atomic mass is 10.0. The fourth-order valence-electron chi connectivity index (χ4n) is 1.84. The summed E-state index contributed by atoms with van der Waals surface area (Å²) in [6.07, 6.45) is 8.01. The van der Waals surface area contributed by atoms with E-state index in [1.807, 2.05) is 0 Å². The molecule has 0 aromatic heterocycles. The van der Waals surface area contributed by atoms with Crippen LogP contribution in [0.5, 0.6) is 0 Å². The first-order valence-electron chi connectivity index (χ1n) is 5.20. The van der Waals surface area contributed by atoms with Gasteiger partial charge in [0.15, 0.2) is 5.67 Å². The number of hydrogen-bond acceptors (Lipinski definition) is 2.